The fourth-order valence-corrected chi connectivity index (χ4v) is 0.696. The van der Waals surface area contributed by atoms with Gasteiger partial charge in [-0.05, 0) is 6.42 Å². The highest BCUT2D eigenvalue weighted by Crippen LogP contribution is 1.94. The molecule has 0 spiro atoms. The molecule has 0 amide bonds. The van der Waals surface area contributed by atoms with Crippen LogP contribution in [0.4, 0.5) is 0 Å². The Bertz CT molecular complexity index is 181. The number of unbranched alkanes of at least 4 members (excludes halogenated alkanes) is 1. The first-order chi connectivity index (χ1) is 6.07. The Kier molecular flexibility index (Phi) is 5.88. The second kappa shape index (κ2) is 6.42. The average Bonchev–Trinajstić information content (AvgIpc) is 2.03. The highest BCUT2D eigenvalue weighted by molar-refractivity contribution is 5.81. The SMILES string of the molecule is CCCCOC(=O)[C@H](N)CC(=O)O. The van der Waals surface area contributed by atoms with Crippen LogP contribution in [0.3, 0.4) is 0 Å². The molecule has 0 bridgehead atoms. The number of aliphatic carboxylic acids is 1. The van der Waals surface area contributed by atoms with E-state index in [2.05, 4.69) is 0 Å². The predicted octanol–water partition coefficient (Wildman–Crippen LogP) is 0.132. The summed E-state index contributed by atoms with van der Waals surface area (Å²) in [7, 11) is 0. The van der Waals surface area contributed by atoms with Crippen LogP contribution in [0, 0.1) is 0 Å². The monoisotopic (exact) mass is 189 g/mol. The normalized spacial score (nSPS) is 12.2. The first kappa shape index (κ1) is 11.9. The third-order valence-corrected chi connectivity index (χ3v) is 1.44. The molecule has 0 aromatic rings. The van der Waals surface area contributed by atoms with E-state index in [1.807, 2.05) is 6.92 Å². The molecule has 1 atom stereocenters. The molecule has 5 nitrogen and oxygen atoms in total. The summed E-state index contributed by atoms with van der Waals surface area (Å²) in [4.78, 5) is 21.1. The molecular formula is C8H15NO4. The van der Waals surface area contributed by atoms with Gasteiger partial charge in [-0.1, -0.05) is 13.3 Å². The van der Waals surface area contributed by atoms with Gasteiger partial charge in [-0.15, -0.1) is 0 Å². The quantitative estimate of drug-likeness (QED) is 0.458. The number of ether oxygens (including phenoxy) is 1. The Morgan fingerprint density at radius 3 is 2.62 bits per heavy atom. The average molecular weight is 189 g/mol. The number of carbonyl (C=O) groups is 2. The van der Waals surface area contributed by atoms with Crippen LogP contribution >= 0.6 is 0 Å². The van der Waals surface area contributed by atoms with Crippen LogP contribution in [0.15, 0.2) is 0 Å². The lowest BCUT2D eigenvalue weighted by Gasteiger charge is -2.08. The van der Waals surface area contributed by atoms with Gasteiger partial charge in [-0.3, -0.25) is 9.59 Å². The van der Waals surface area contributed by atoms with Crippen molar-refractivity contribution in [2.45, 2.75) is 32.2 Å². The minimum absolute atomic E-state index is 0.308. The highest BCUT2D eigenvalue weighted by Gasteiger charge is 2.17. The summed E-state index contributed by atoms with van der Waals surface area (Å²) < 4.78 is 4.72. The van der Waals surface area contributed by atoms with Gasteiger partial charge in [0.05, 0.1) is 13.0 Å². The van der Waals surface area contributed by atoms with Gasteiger partial charge in [-0.2, -0.15) is 0 Å². The van der Waals surface area contributed by atoms with Gasteiger partial charge in [0.1, 0.15) is 6.04 Å². The highest BCUT2D eigenvalue weighted by atomic mass is 16.5. The third kappa shape index (κ3) is 6.10. The molecule has 0 heterocycles. The molecule has 3 N–H and O–H groups in total. The largest absolute Gasteiger partial charge is 0.481 e. The molecule has 0 rings (SSSR count). The lowest BCUT2D eigenvalue weighted by molar-refractivity contribution is -0.149. The molecule has 0 radical (unpaired) electrons. The zero-order chi connectivity index (χ0) is 10.3. The van der Waals surface area contributed by atoms with E-state index in [-0.39, 0.29) is 6.42 Å². The van der Waals surface area contributed by atoms with E-state index in [0.717, 1.165) is 12.8 Å². The number of esters is 1. The summed E-state index contributed by atoms with van der Waals surface area (Å²) >= 11 is 0. The van der Waals surface area contributed by atoms with Crippen molar-refractivity contribution in [3.8, 4) is 0 Å². The topological polar surface area (TPSA) is 89.6 Å². The van der Waals surface area contributed by atoms with E-state index in [1.54, 1.807) is 0 Å². The fourth-order valence-electron chi connectivity index (χ4n) is 0.696. The lowest BCUT2D eigenvalue weighted by Crippen LogP contribution is -2.34. The van der Waals surface area contributed by atoms with Gasteiger partial charge in [0.25, 0.3) is 0 Å². The van der Waals surface area contributed by atoms with Crippen LogP contribution in [0.5, 0.6) is 0 Å². The molecule has 5 heteroatoms. The molecule has 0 aliphatic heterocycles. The Morgan fingerprint density at radius 2 is 2.15 bits per heavy atom. The third-order valence-electron chi connectivity index (χ3n) is 1.44. The van der Waals surface area contributed by atoms with E-state index in [0.29, 0.717) is 6.61 Å². The fraction of sp³-hybridized carbons (Fsp3) is 0.750. The van der Waals surface area contributed by atoms with Crippen molar-refractivity contribution in [1.82, 2.24) is 0 Å². The number of carboxylic acids is 1. The summed E-state index contributed by atoms with van der Waals surface area (Å²) in [5.74, 6) is -1.74. The van der Waals surface area contributed by atoms with Crippen LogP contribution in [-0.2, 0) is 14.3 Å². The van der Waals surface area contributed by atoms with Gasteiger partial charge in [0.2, 0.25) is 0 Å². The Balaban J connectivity index is 3.63. The maximum atomic E-state index is 10.9. The minimum Gasteiger partial charge on any atom is -0.481 e. The number of rotatable bonds is 6. The minimum atomic E-state index is -1.10. The van der Waals surface area contributed by atoms with Gasteiger partial charge in [0.15, 0.2) is 0 Å². The molecule has 0 saturated heterocycles. The number of hydrogen-bond donors (Lipinski definition) is 2. The molecule has 0 fully saturated rings. The van der Waals surface area contributed by atoms with Crippen LogP contribution in [0.1, 0.15) is 26.2 Å². The number of nitrogens with two attached hydrogens (primary N) is 1. The van der Waals surface area contributed by atoms with Crippen molar-refractivity contribution in [3.05, 3.63) is 0 Å². The first-order valence-corrected chi connectivity index (χ1v) is 4.22. The molecular weight excluding hydrogens is 174 g/mol. The van der Waals surface area contributed by atoms with Gasteiger partial charge in [-0.25, -0.2) is 0 Å². The lowest BCUT2D eigenvalue weighted by atomic mass is 10.2. The molecule has 0 aromatic carbocycles. The summed E-state index contributed by atoms with van der Waals surface area (Å²) in [6, 6.07) is -1.05. The first-order valence-electron chi connectivity index (χ1n) is 4.22. The van der Waals surface area contributed by atoms with Crippen molar-refractivity contribution >= 4 is 11.9 Å². The number of carboxylic acid groups (broad SMARTS) is 1. The predicted molar refractivity (Wildman–Crippen MR) is 46.1 cm³/mol. The maximum absolute atomic E-state index is 10.9. The molecule has 0 aliphatic rings. The summed E-state index contributed by atoms with van der Waals surface area (Å²) in [5.41, 5.74) is 5.25. The zero-order valence-corrected chi connectivity index (χ0v) is 7.66. The smallest absolute Gasteiger partial charge is 0.323 e. The second-order valence-electron chi connectivity index (χ2n) is 2.73. The Hall–Kier alpha value is -1.10. The van der Waals surface area contributed by atoms with Gasteiger partial charge >= 0.3 is 11.9 Å². The maximum Gasteiger partial charge on any atom is 0.323 e. The van der Waals surface area contributed by atoms with Crippen molar-refractivity contribution in [2.75, 3.05) is 6.61 Å². The number of hydrogen-bond acceptors (Lipinski definition) is 4. The summed E-state index contributed by atoms with van der Waals surface area (Å²) in [6.45, 7) is 2.27. The second-order valence-corrected chi connectivity index (χ2v) is 2.73. The van der Waals surface area contributed by atoms with Crippen LogP contribution in [-0.4, -0.2) is 29.7 Å². The Labute approximate surface area is 76.9 Å². The zero-order valence-electron chi connectivity index (χ0n) is 7.66. The van der Waals surface area contributed by atoms with E-state index in [4.69, 9.17) is 15.6 Å². The van der Waals surface area contributed by atoms with Crippen LogP contribution in [0.25, 0.3) is 0 Å². The van der Waals surface area contributed by atoms with E-state index in [1.165, 1.54) is 0 Å². The van der Waals surface area contributed by atoms with Crippen molar-refractivity contribution in [2.24, 2.45) is 5.73 Å². The molecule has 0 aliphatic carbocycles. The van der Waals surface area contributed by atoms with Gasteiger partial charge in [0, 0.05) is 0 Å². The summed E-state index contributed by atoms with van der Waals surface area (Å²) in [6.07, 6.45) is 1.30. The molecule has 13 heavy (non-hydrogen) atoms. The van der Waals surface area contributed by atoms with Crippen LogP contribution < -0.4 is 5.73 Å². The van der Waals surface area contributed by atoms with Crippen molar-refractivity contribution in [3.63, 3.8) is 0 Å². The molecule has 0 aromatic heterocycles. The van der Waals surface area contributed by atoms with Crippen molar-refractivity contribution < 1.29 is 19.4 Å². The van der Waals surface area contributed by atoms with Crippen LogP contribution in [0.2, 0.25) is 0 Å². The Morgan fingerprint density at radius 1 is 1.54 bits per heavy atom. The van der Waals surface area contributed by atoms with E-state index in [9.17, 15) is 9.59 Å². The molecule has 0 unspecified atom stereocenters. The molecule has 76 valence electrons. The van der Waals surface area contributed by atoms with Gasteiger partial charge < -0.3 is 15.6 Å². The number of carbonyl (C=O) groups excluding carboxylic acids is 1. The van der Waals surface area contributed by atoms with E-state index < -0.39 is 18.0 Å². The molecule has 0 saturated carbocycles. The summed E-state index contributed by atoms with van der Waals surface area (Å²) in [5, 5.41) is 8.32. The van der Waals surface area contributed by atoms with Crippen molar-refractivity contribution in [1.29, 1.82) is 0 Å². The standard InChI is InChI=1S/C8H15NO4/c1-2-3-4-13-8(12)6(9)5-7(10)11/h6H,2-5,9H2,1H3,(H,10,11)/t6-/m1/s1. The van der Waals surface area contributed by atoms with E-state index >= 15 is 0 Å².